The largest absolute Gasteiger partial charge is 0.416 e. The third-order valence-electron chi connectivity index (χ3n) is 3.08. The SMILES string of the molecule is CC(C)CC[C@H](O)[C@H](N)c1ccc(C(F)(F)F)cc1.Cl. The van der Waals surface area contributed by atoms with Gasteiger partial charge in [-0.1, -0.05) is 26.0 Å². The molecule has 2 atom stereocenters. The van der Waals surface area contributed by atoms with Crippen molar-refractivity contribution in [1.29, 1.82) is 0 Å². The van der Waals surface area contributed by atoms with Crippen LogP contribution in [0.15, 0.2) is 24.3 Å². The third-order valence-corrected chi connectivity index (χ3v) is 3.08. The maximum absolute atomic E-state index is 12.4. The minimum atomic E-state index is -4.35. The van der Waals surface area contributed by atoms with Crippen molar-refractivity contribution in [3.63, 3.8) is 0 Å². The van der Waals surface area contributed by atoms with E-state index in [4.69, 9.17) is 5.73 Å². The molecule has 0 aliphatic carbocycles. The van der Waals surface area contributed by atoms with Crippen LogP contribution in [0.4, 0.5) is 13.2 Å². The average molecular weight is 312 g/mol. The molecule has 0 amide bonds. The van der Waals surface area contributed by atoms with Crippen LogP contribution in [0.2, 0.25) is 0 Å². The first-order valence-electron chi connectivity index (χ1n) is 6.32. The molecule has 1 aromatic rings. The molecule has 1 aromatic carbocycles. The van der Waals surface area contributed by atoms with Crippen molar-refractivity contribution < 1.29 is 18.3 Å². The molecular formula is C14H21ClF3NO. The highest BCUT2D eigenvalue weighted by atomic mass is 35.5. The van der Waals surface area contributed by atoms with Gasteiger partial charge in [0.2, 0.25) is 0 Å². The van der Waals surface area contributed by atoms with Gasteiger partial charge in [0.15, 0.2) is 0 Å². The Labute approximate surface area is 123 Å². The van der Waals surface area contributed by atoms with Crippen molar-refractivity contribution in [1.82, 2.24) is 0 Å². The van der Waals surface area contributed by atoms with Gasteiger partial charge in [-0.2, -0.15) is 13.2 Å². The lowest BCUT2D eigenvalue weighted by atomic mass is 9.95. The van der Waals surface area contributed by atoms with Crippen molar-refractivity contribution in [2.75, 3.05) is 0 Å². The van der Waals surface area contributed by atoms with Crippen molar-refractivity contribution in [2.24, 2.45) is 11.7 Å². The fraction of sp³-hybridized carbons (Fsp3) is 0.571. The molecule has 2 nitrogen and oxygen atoms in total. The number of alkyl halides is 3. The number of aliphatic hydroxyl groups is 1. The Morgan fingerprint density at radius 3 is 2.00 bits per heavy atom. The first-order chi connectivity index (χ1) is 8.71. The lowest BCUT2D eigenvalue weighted by Crippen LogP contribution is -2.26. The summed E-state index contributed by atoms with van der Waals surface area (Å²) in [6.45, 7) is 4.08. The summed E-state index contributed by atoms with van der Waals surface area (Å²) in [5.74, 6) is 0.453. The Balaban J connectivity index is 0.00000361. The smallest absolute Gasteiger partial charge is 0.391 e. The van der Waals surface area contributed by atoms with Gasteiger partial charge in [-0.25, -0.2) is 0 Å². The zero-order valence-corrected chi connectivity index (χ0v) is 12.3. The molecule has 0 fully saturated rings. The molecule has 1 rings (SSSR count). The van der Waals surface area contributed by atoms with Crippen molar-refractivity contribution >= 4 is 12.4 Å². The van der Waals surface area contributed by atoms with Crippen molar-refractivity contribution in [3.05, 3.63) is 35.4 Å². The first-order valence-corrected chi connectivity index (χ1v) is 6.32. The Morgan fingerprint density at radius 2 is 1.60 bits per heavy atom. The number of halogens is 4. The van der Waals surface area contributed by atoms with Crippen LogP contribution in [0.3, 0.4) is 0 Å². The van der Waals surface area contributed by atoms with Crippen LogP contribution in [0.1, 0.15) is 43.9 Å². The second kappa shape index (κ2) is 7.86. The van der Waals surface area contributed by atoms with Gasteiger partial charge in [-0.3, -0.25) is 0 Å². The summed E-state index contributed by atoms with van der Waals surface area (Å²) < 4.78 is 37.2. The number of aliphatic hydroxyl groups excluding tert-OH is 1. The number of hydrogen-bond acceptors (Lipinski definition) is 2. The molecule has 0 unspecified atom stereocenters. The topological polar surface area (TPSA) is 46.2 Å². The van der Waals surface area contributed by atoms with E-state index in [0.29, 0.717) is 17.9 Å². The minimum absolute atomic E-state index is 0. The summed E-state index contributed by atoms with van der Waals surface area (Å²) >= 11 is 0. The van der Waals surface area contributed by atoms with Crippen LogP contribution < -0.4 is 5.73 Å². The fourth-order valence-corrected chi connectivity index (χ4v) is 1.80. The van der Waals surface area contributed by atoms with Crippen LogP contribution in [0, 0.1) is 5.92 Å². The predicted octanol–water partition coefficient (Wildman–Crippen LogP) is 3.92. The molecule has 0 aromatic heterocycles. The number of rotatable bonds is 5. The monoisotopic (exact) mass is 311 g/mol. The second-order valence-electron chi connectivity index (χ2n) is 5.18. The number of benzene rings is 1. The highest BCUT2D eigenvalue weighted by Gasteiger charge is 2.30. The van der Waals surface area contributed by atoms with Gasteiger partial charge in [0.1, 0.15) is 0 Å². The maximum atomic E-state index is 12.4. The predicted molar refractivity (Wildman–Crippen MR) is 75.7 cm³/mol. The molecule has 116 valence electrons. The van der Waals surface area contributed by atoms with Crippen LogP contribution in [-0.4, -0.2) is 11.2 Å². The second-order valence-corrected chi connectivity index (χ2v) is 5.18. The van der Waals surface area contributed by atoms with Gasteiger partial charge in [-0.15, -0.1) is 12.4 Å². The van der Waals surface area contributed by atoms with Crippen LogP contribution in [0.25, 0.3) is 0 Å². The van der Waals surface area contributed by atoms with E-state index < -0.39 is 23.9 Å². The summed E-state index contributed by atoms with van der Waals surface area (Å²) in [7, 11) is 0. The molecule has 0 saturated carbocycles. The van der Waals surface area contributed by atoms with Crippen molar-refractivity contribution in [2.45, 2.75) is 45.0 Å². The molecule has 6 heteroatoms. The van der Waals surface area contributed by atoms with Crippen LogP contribution >= 0.6 is 12.4 Å². The first kappa shape index (κ1) is 19.2. The molecule has 0 aliphatic heterocycles. The Kier molecular flexibility index (Phi) is 7.55. The van der Waals surface area contributed by atoms with E-state index in [1.54, 1.807) is 0 Å². The van der Waals surface area contributed by atoms with E-state index in [-0.39, 0.29) is 12.4 Å². The van der Waals surface area contributed by atoms with E-state index in [2.05, 4.69) is 0 Å². The fourth-order valence-electron chi connectivity index (χ4n) is 1.80. The van der Waals surface area contributed by atoms with Gasteiger partial charge in [0.25, 0.3) is 0 Å². The Morgan fingerprint density at radius 1 is 1.10 bits per heavy atom. The highest BCUT2D eigenvalue weighted by Crippen LogP contribution is 2.30. The quantitative estimate of drug-likeness (QED) is 0.865. The number of nitrogens with two attached hydrogens (primary N) is 1. The molecule has 3 N–H and O–H groups in total. The summed E-state index contributed by atoms with van der Waals surface area (Å²) in [5.41, 5.74) is 5.66. The van der Waals surface area contributed by atoms with Gasteiger partial charge in [0.05, 0.1) is 17.7 Å². The molecule has 20 heavy (non-hydrogen) atoms. The van der Waals surface area contributed by atoms with E-state index in [0.717, 1.165) is 18.6 Å². The maximum Gasteiger partial charge on any atom is 0.416 e. The standard InChI is InChI=1S/C14H20F3NO.ClH/c1-9(2)3-8-12(19)13(18)10-4-6-11(7-5-10)14(15,16)17;/h4-7,9,12-13,19H,3,8,18H2,1-2H3;1H/t12-,13+;/m0./s1. The molecule has 0 saturated heterocycles. The molecule has 0 spiro atoms. The molecule has 0 aliphatic rings. The minimum Gasteiger partial charge on any atom is -0.391 e. The molecule has 0 bridgehead atoms. The lowest BCUT2D eigenvalue weighted by Gasteiger charge is -2.20. The third kappa shape index (κ3) is 5.69. The van der Waals surface area contributed by atoms with Gasteiger partial charge >= 0.3 is 6.18 Å². The lowest BCUT2D eigenvalue weighted by molar-refractivity contribution is -0.137. The zero-order chi connectivity index (χ0) is 14.6. The summed E-state index contributed by atoms with van der Waals surface area (Å²) in [5, 5.41) is 9.90. The van der Waals surface area contributed by atoms with Crippen LogP contribution in [0.5, 0.6) is 0 Å². The average Bonchev–Trinajstić information content (AvgIpc) is 2.34. The van der Waals surface area contributed by atoms with E-state index in [9.17, 15) is 18.3 Å². The van der Waals surface area contributed by atoms with Crippen molar-refractivity contribution in [3.8, 4) is 0 Å². The molecular weight excluding hydrogens is 291 g/mol. The number of hydrogen-bond donors (Lipinski definition) is 2. The van der Waals surface area contributed by atoms with E-state index >= 15 is 0 Å². The summed E-state index contributed by atoms with van der Waals surface area (Å²) in [6, 6.07) is 3.98. The van der Waals surface area contributed by atoms with Crippen LogP contribution in [-0.2, 0) is 6.18 Å². The highest BCUT2D eigenvalue weighted by molar-refractivity contribution is 5.85. The Hall–Kier alpha value is -0.780. The summed E-state index contributed by atoms with van der Waals surface area (Å²) in [4.78, 5) is 0. The van der Waals surface area contributed by atoms with Gasteiger partial charge in [-0.05, 0) is 36.5 Å². The van der Waals surface area contributed by atoms with E-state index in [1.807, 2.05) is 13.8 Å². The van der Waals surface area contributed by atoms with E-state index in [1.165, 1.54) is 12.1 Å². The normalized spacial score (nSPS) is 14.8. The zero-order valence-electron chi connectivity index (χ0n) is 11.5. The molecule has 0 radical (unpaired) electrons. The Bertz CT molecular complexity index is 392. The van der Waals surface area contributed by atoms with Gasteiger partial charge in [0, 0.05) is 0 Å². The molecule has 0 heterocycles. The summed E-state index contributed by atoms with van der Waals surface area (Å²) in [6.07, 6.45) is -3.71. The van der Waals surface area contributed by atoms with Gasteiger partial charge < -0.3 is 10.8 Å².